The van der Waals surface area contributed by atoms with Gasteiger partial charge in [-0.1, -0.05) is 35.0 Å². The lowest BCUT2D eigenvalue weighted by molar-refractivity contribution is 0.530. The van der Waals surface area contributed by atoms with E-state index in [1.165, 1.54) is 6.26 Å². The zero-order chi connectivity index (χ0) is 12.9. The molecule has 0 heterocycles. The molecule has 5 heteroatoms. The zero-order valence-electron chi connectivity index (χ0n) is 10.1. The number of hydrogen-bond acceptors (Lipinski definition) is 3. The van der Waals surface area contributed by atoms with Crippen molar-refractivity contribution < 1.29 is 8.42 Å². The van der Waals surface area contributed by atoms with E-state index in [0.29, 0.717) is 6.42 Å². The Balaban J connectivity index is 2.75. The molecule has 1 aromatic rings. The molecule has 0 bridgehead atoms. The molecule has 0 aromatic heterocycles. The van der Waals surface area contributed by atoms with E-state index < -0.39 is 9.84 Å². The molecular weight excluding hydrogens is 302 g/mol. The molecular formula is C12H18BrNO2S. The standard InChI is InChI=1S/C12H18BrNO2S/c1-3-14-12(8-9-17(2,15)16)10-4-6-11(13)7-5-10/h4-7,12,14H,3,8-9H2,1-2H3. The van der Waals surface area contributed by atoms with Crippen LogP contribution in [-0.4, -0.2) is 27.0 Å². The van der Waals surface area contributed by atoms with Crippen LogP contribution in [0.25, 0.3) is 0 Å². The van der Waals surface area contributed by atoms with Crippen molar-refractivity contribution in [3.8, 4) is 0 Å². The lowest BCUT2D eigenvalue weighted by Crippen LogP contribution is -2.23. The summed E-state index contributed by atoms with van der Waals surface area (Å²) in [5, 5.41) is 3.31. The second kappa shape index (κ2) is 6.52. The lowest BCUT2D eigenvalue weighted by Gasteiger charge is -2.18. The number of rotatable bonds is 6. The van der Waals surface area contributed by atoms with Crippen molar-refractivity contribution in [1.29, 1.82) is 0 Å². The molecule has 0 aliphatic heterocycles. The molecule has 0 radical (unpaired) electrons. The summed E-state index contributed by atoms with van der Waals surface area (Å²) < 4.78 is 23.4. The lowest BCUT2D eigenvalue weighted by atomic mass is 10.0. The van der Waals surface area contributed by atoms with Crippen molar-refractivity contribution >= 4 is 25.8 Å². The zero-order valence-corrected chi connectivity index (χ0v) is 12.5. The second-order valence-corrected chi connectivity index (χ2v) is 7.26. The monoisotopic (exact) mass is 319 g/mol. The van der Waals surface area contributed by atoms with Gasteiger partial charge in [-0.15, -0.1) is 0 Å². The summed E-state index contributed by atoms with van der Waals surface area (Å²) in [4.78, 5) is 0. The molecule has 1 aromatic carbocycles. The first-order valence-electron chi connectivity index (χ1n) is 5.59. The number of halogens is 1. The number of nitrogens with one attached hydrogen (secondary N) is 1. The minimum absolute atomic E-state index is 0.0998. The van der Waals surface area contributed by atoms with Crippen LogP contribution in [-0.2, 0) is 9.84 Å². The minimum Gasteiger partial charge on any atom is -0.310 e. The molecule has 0 spiro atoms. The molecule has 17 heavy (non-hydrogen) atoms. The van der Waals surface area contributed by atoms with Gasteiger partial charge in [-0.05, 0) is 30.7 Å². The summed E-state index contributed by atoms with van der Waals surface area (Å²) in [7, 11) is -2.90. The number of sulfone groups is 1. The van der Waals surface area contributed by atoms with Gasteiger partial charge in [0.2, 0.25) is 0 Å². The predicted molar refractivity (Wildman–Crippen MR) is 74.9 cm³/mol. The average Bonchev–Trinajstić information content (AvgIpc) is 2.24. The van der Waals surface area contributed by atoms with Crippen molar-refractivity contribution in [3.05, 3.63) is 34.3 Å². The Morgan fingerprint density at radius 2 is 1.88 bits per heavy atom. The van der Waals surface area contributed by atoms with E-state index in [4.69, 9.17) is 0 Å². The van der Waals surface area contributed by atoms with E-state index in [1.54, 1.807) is 0 Å². The third kappa shape index (κ3) is 5.66. The molecule has 1 atom stereocenters. The molecule has 0 fully saturated rings. The SMILES string of the molecule is CCNC(CCS(C)(=O)=O)c1ccc(Br)cc1. The summed E-state index contributed by atoms with van der Waals surface area (Å²) in [6.07, 6.45) is 1.88. The first kappa shape index (κ1) is 14.7. The van der Waals surface area contributed by atoms with Crippen LogP contribution in [0.5, 0.6) is 0 Å². The van der Waals surface area contributed by atoms with Crippen LogP contribution < -0.4 is 5.32 Å². The van der Waals surface area contributed by atoms with Crippen molar-refractivity contribution in [2.75, 3.05) is 18.6 Å². The quantitative estimate of drug-likeness (QED) is 0.876. The van der Waals surface area contributed by atoms with Crippen LogP contribution in [0.1, 0.15) is 24.9 Å². The third-order valence-corrected chi connectivity index (χ3v) is 4.01. The van der Waals surface area contributed by atoms with E-state index in [-0.39, 0.29) is 11.8 Å². The Morgan fingerprint density at radius 1 is 1.29 bits per heavy atom. The Bertz CT molecular complexity index is 442. The molecule has 0 saturated heterocycles. The van der Waals surface area contributed by atoms with Crippen LogP contribution in [0.15, 0.2) is 28.7 Å². The van der Waals surface area contributed by atoms with Gasteiger partial charge in [0.05, 0.1) is 5.75 Å². The average molecular weight is 320 g/mol. The van der Waals surface area contributed by atoms with Crippen LogP contribution in [0.4, 0.5) is 0 Å². The summed E-state index contributed by atoms with van der Waals surface area (Å²) in [6, 6.07) is 8.07. The molecule has 3 nitrogen and oxygen atoms in total. The Hall–Kier alpha value is -0.390. The van der Waals surface area contributed by atoms with Crippen LogP contribution in [0, 0.1) is 0 Å². The molecule has 0 saturated carbocycles. The predicted octanol–water partition coefficient (Wildman–Crippen LogP) is 2.53. The van der Waals surface area contributed by atoms with Crippen LogP contribution >= 0.6 is 15.9 Å². The largest absolute Gasteiger partial charge is 0.310 e. The molecule has 1 N–H and O–H groups in total. The normalized spacial score (nSPS) is 13.6. The van der Waals surface area contributed by atoms with E-state index in [0.717, 1.165) is 16.6 Å². The first-order chi connectivity index (χ1) is 7.92. The highest BCUT2D eigenvalue weighted by atomic mass is 79.9. The smallest absolute Gasteiger partial charge is 0.147 e. The Labute approximate surface area is 112 Å². The second-order valence-electron chi connectivity index (χ2n) is 4.08. The minimum atomic E-state index is -2.90. The summed E-state index contributed by atoms with van der Waals surface area (Å²) in [5.74, 6) is 0.209. The van der Waals surface area contributed by atoms with E-state index in [2.05, 4.69) is 21.2 Å². The van der Waals surface area contributed by atoms with Crippen LogP contribution in [0.3, 0.4) is 0 Å². The van der Waals surface area contributed by atoms with Gasteiger partial charge in [-0.25, -0.2) is 8.42 Å². The van der Waals surface area contributed by atoms with E-state index >= 15 is 0 Å². The van der Waals surface area contributed by atoms with Gasteiger partial charge in [0, 0.05) is 16.8 Å². The molecule has 0 aliphatic carbocycles. The highest BCUT2D eigenvalue weighted by molar-refractivity contribution is 9.10. The third-order valence-electron chi connectivity index (χ3n) is 2.50. The van der Waals surface area contributed by atoms with Gasteiger partial charge in [0.1, 0.15) is 9.84 Å². The Kier molecular flexibility index (Phi) is 5.62. The maximum atomic E-state index is 11.2. The van der Waals surface area contributed by atoms with Gasteiger partial charge in [0.25, 0.3) is 0 Å². The van der Waals surface area contributed by atoms with Crippen molar-refractivity contribution in [1.82, 2.24) is 5.32 Å². The Morgan fingerprint density at radius 3 is 2.35 bits per heavy atom. The van der Waals surface area contributed by atoms with Crippen molar-refractivity contribution in [2.45, 2.75) is 19.4 Å². The fourth-order valence-corrected chi connectivity index (χ4v) is 2.59. The topological polar surface area (TPSA) is 46.2 Å². The highest BCUT2D eigenvalue weighted by Crippen LogP contribution is 2.20. The van der Waals surface area contributed by atoms with Gasteiger partial charge in [-0.2, -0.15) is 0 Å². The van der Waals surface area contributed by atoms with Gasteiger partial charge >= 0.3 is 0 Å². The number of hydrogen-bond donors (Lipinski definition) is 1. The maximum absolute atomic E-state index is 11.2. The summed E-state index contributed by atoms with van der Waals surface area (Å²) in [5.41, 5.74) is 1.12. The highest BCUT2D eigenvalue weighted by Gasteiger charge is 2.13. The van der Waals surface area contributed by atoms with Gasteiger partial charge in [-0.3, -0.25) is 0 Å². The summed E-state index contributed by atoms with van der Waals surface area (Å²) in [6.45, 7) is 2.84. The first-order valence-corrected chi connectivity index (χ1v) is 8.44. The summed E-state index contributed by atoms with van der Waals surface area (Å²) >= 11 is 3.39. The molecule has 1 unspecified atom stereocenters. The van der Waals surface area contributed by atoms with E-state index in [1.807, 2.05) is 31.2 Å². The fourth-order valence-electron chi connectivity index (χ4n) is 1.66. The van der Waals surface area contributed by atoms with Crippen molar-refractivity contribution in [3.63, 3.8) is 0 Å². The number of benzene rings is 1. The molecule has 0 aliphatic rings. The fraction of sp³-hybridized carbons (Fsp3) is 0.500. The van der Waals surface area contributed by atoms with E-state index in [9.17, 15) is 8.42 Å². The van der Waals surface area contributed by atoms with Gasteiger partial charge in [0.15, 0.2) is 0 Å². The maximum Gasteiger partial charge on any atom is 0.147 e. The van der Waals surface area contributed by atoms with Crippen molar-refractivity contribution in [2.24, 2.45) is 0 Å². The molecule has 0 amide bonds. The van der Waals surface area contributed by atoms with Crippen LogP contribution in [0.2, 0.25) is 0 Å². The molecule has 96 valence electrons. The molecule has 1 rings (SSSR count). The van der Waals surface area contributed by atoms with Gasteiger partial charge < -0.3 is 5.32 Å².